The number of carbonyl (C=O) groups excluding carboxylic acids is 17. The first-order valence-electron chi connectivity index (χ1n) is 44.0. The van der Waals surface area contributed by atoms with Crippen molar-refractivity contribution in [3.05, 3.63) is 36.4 Å². The second-order valence-electron chi connectivity index (χ2n) is 34.2. The Morgan fingerprint density at radius 1 is 0.469 bits per heavy atom. The number of nitrogens with zero attached hydrogens (tertiary/aromatic N) is 3. The molecule has 14 atom stereocenters. The molecule has 49 heteroatoms. The number of nitrogens with one attached hydrogen (secondary N) is 21. The first-order chi connectivity index (χ1) is 61.4. The highest BCUT2D eigenvalue weighted by Gasteiger charge is 2.43. The number of primary amides is 3. The van der Waals surface area contributed by atoms with Gasteiger partial charge in [0.2, 0.25) is 100 Å². The average molecular weight is 1830 g/mol. The summed E-state index contributed by atoms with van der Waals surface area (Å²) in [6.45, 7) is 7.38. The predicted molar refractivity (Wildman–Crippen MR) is 470 cm³/mol. The Kier molecular flexibility index (Phi) is 45.1. The Bertz CT molecular complexity index is 4180. The van der Waals surface area contributed by atoms with Gasteiger partial charge in [0.1, 0.15) is 84.1 Å². The molecule has 3 heterocycles. The SMILES string of the molecule is CC(=O)N[C@@H](CO)C(=O)N1CCC[C@@H]1C(=O)N[C@@H](CCCNC(=N)N)C(=O)N[C@@H](Cc1cnc[nH]1)C(=O)N[C@@H](CC1CCCCC1)C(=O)N[C@@H](Cc1cnc[nH]1)C(=O)N[C@@H](CC(N)=O)C(=O)N[C@@H](CC(C)C)C(=O)NC(C)(C)C(=O)N[C@H](C(=O)N[C@@H](CCCNC(=N)N)C(=O)N[C@@H](CCC(N)=O)C(=O)N[C@@H](CCCNC(=N)N)C(=O)N[C@@H](CC1CCCCC1)C(N)=O)[C@@H](C)O. The molecule has 3 fully saturated rings. The molecule has 724 valence electrons. The van der Waals surface area contributed by atoms with Gasteiger partial charge in [-0.05, 0) is 116 Å². The van der Waals surface area contributed by atoms with Crippen molar-refractivity contribution in [1.82, 2.24) is 110 Å². The van der Waals surface area contributed by atoms with Crippen molar-refractivity contribution in [3.8, 4) is 0 Å². The third kappa shape index (κ3) is 38.2. The summed E-state index contributed by atoms with van der Waals surface area (Å²) in [4.78, 5) is 254. The van der Waals surface area contributed by atoms with Gasteiger partial charge in [0.05, 0.1) is 31.8 Å². The lowest BCUT2D eigenvalue weighted by Crippen LogP contribution is -2.65. The lowest BCUT2D eigenvalue weighted by atomic mass is 9.84. The van der Waals surface area contributed by atoms with Gasteiger partial charge in [-0.25, -0.2) is 9.97 Å². The van der Waals surface area contributed by atoms with Crippen LogP contribution in [0.4, 0.5) is 0 Å². The standard InChI is InChI=1S/C81H136N30O19/c1-42(2)31-54(73(126)110-81(5,6)77(130)109-63(43(3)113)75(128)102-51(23-15-29-95-80(89)90)65(118)100-52(25-26-61(82)115)68(121)99-49(21-13-27-93-78(85)86)66(119)103-53(64(84)117)32-45-17-9-7-10-18-45)104-72(125)58(36-62(83)116)108-71(124)57(35-48-38-92-41-97-48)107-69(122)55(33-46-19-11-8-12-20-46)105-70(123)56(34-47-37-91-40-96-47)106-67(120)50(22-14-28-94-79(87)88)101-74(127)60-24-16-30-111(60)76(129)59(39-112)98-44(4)114/h37-38,40-43,45-46,49-60,63,112-113H,7-36,39H2,1-6H3,(H2,82,115)(H2,83,116)(H2,84,117)(H,91,96)(H,92,97)(H,98,114)(H,99,121)(H,100,118)(H,101,127)(H,102,128)(H,103,119)(H,104,125)(H,105,123)(H,106,120)(H,107,122)(H,108,124)(H,109,130)(H,110,126)(H4,85,86,93)(H4,87,88,94)(H4,89,90,95)/t43-,49+,50+,51+,52+,53+,54+,55+,56+,57+,58+,59+,60-,63+/m1/s1. The maximum absolute atomic E-state index is 15.2. The minimum atomic E-state index is -2.07. The molecule has 130 heavy (non-hydrogen) atoms. The molecule has 0 radical (unpaired) electrons. The van der Waals surface area contributed by atoms with Crippen molar-refractivity contribution in [1.29, 1.82) is 16.2 Å². The number of aromatic nitrogens is 4. The van der Waals surface area contributed by atoms with Gasteiger partial charge in [-0.3, -0.25) is 97.7 Å². The number of aliphatic hydroxyl groups is 2. The van der Waals surface area contributed by atoms with Gasteiger partial charge < -0.3 is 145 Å². The molecule has 49 nitrogen and oxygen atoms in total. The van der Waals surface area contributed by atoms with Gasteiger partial charge in [-0.2, -0.15) is 0 Å². The zero-order valence-electron chi connectivity index (χ0n) is 74.7. The van der Waals surface area contributed by atoms with E-state index < -0.39 is 228 Å². The van der Waals surface area contributed by atoms with Crippen LogP contribution in [0.25, 0.3) is 0 Å². The average Bonchev–Trinajstić information content (AvgIpc) is 1.63. The van der Waals surface area contributed by atoms with E-state index in [2.05, 4.69) is 105 Å². The quantitative estimate of drug-likeness (QED) is 0.0166. The summed E-state index contributed by atoms with van der Waals surface area (Å²) in [5.74, 6) is -18.0. The molecule has 1 aliphatic heterocycles. The topological polar surface area (TPSA) is 811 Å². The van der Waals surface area contributed by atoms with Crippen LogP contribution in [0.3, 0.4) is 0 Å². The molecule has 17 amide bonds. The van der Waals surface area contributed by atoms with Crippen molar-refractivity contribution >= 4 is 118 Å². The smallest absolute Gasteiger partial charge is 0.248 e. The predicted octanol–water partition coefficient (Wildman–Crippen LogP) is -7.58. The van der Waals surface area contributed by atoms with Crippen LogP contribution in [0.1, 0.15) is 207 Å². The highest BCUT2D eigenvalue weighted by Crippen LogP contribution is 2.30. The van der Waals surface area contributed by atoms with E-state index in [1.54, 1.807) is 13.8 Å². The van der Waals surface area contributed by atoms with E-state index in [1.807, 2.05) is 0 Å². The number of hydrogen-bond acceptors (Lipinski definition) is 24. The van der Waals surface area contributed by atoms with Crippen LogP contribution < -0.4 is 119 Å². The number of imidazole rings is 2. The Morgan fingerprint density at radius 2 is 0.869 bits per heavy atom. The van der Waals surface area contributed by atoms with Crippen LogP contribution in [-0.4, -0.2) is 276 Å². The van der Waals surface area contributed by atoms with E-state index in [4.69, 9.17) is 50.6 Å². The normalized spacial score (nSPS) is 17.1. The fraction of sp³-hybridized carbons (Fsp3) is 0.679. The van der Waals surface area contributed by atoms with Crippen molar-refractivity contribution < 1.29 is 91.7 Å². The Labute approximate surface area is 753 Å². The van der Waals surface area contributed by atoms with E-state index in [-0.39, 0.29) is 133 Å². The molecule has 0 bridgehead atoms. The summed E-state index contributed by atoms with van der Waals surface area (Å²) in [5.41, 5.74) is 32.0. The van der Waals surface area contributed by atoms with E-state index in [1.165, 1.54) is 43.8 Å². The van der Waals surface area contributed by atoms with Crippen LogP contribution in [0.15, 0.2) is 25.0 Å². The Morgan fingerprint density at radius 3 is 1.28 bits per heavy atom. The number of likely N-dealkylation sites (tertiary alicyclic amines) is 1. The highest BCUT2D eigenvalue weighted by molar-refractivity contribution is 6.02. The summed E-state index contributed by atoms with van der Waals surface area (Å²) in [5, 5.41) is 85.2. The van der Waals surface area contributed by atoms with E-state index >= 15 is 9.59 Å². The maximum atomic E-state index is 15.2. The van der Waals surface area contributed by atoms with Crippen LogP contribution >= 0.6 is 0 Å². The molecular formula is C81H136N30O19. The molecule has 2 aliphatic carbocycles. The lowest BCUT2D eigenvalue weighted by molar-refractivity contribution is -0.143. The number of rotatable bonds is 56. The molecule has 0 aromatic carbocycles. The van der Waals surface area contributed by atoms with Crippen molar-refractivity contribution in [2.45, 2.75) is 299 Å². The molecule has 2 saturated carbocycles. The second kappa shape index (κ2) is 54.5. The highest BCUT2D eigenvalue weighted by atomic mass is 16.3. The minimum absolute atomic E-state index is 0.000814. The Hall–Kier alpha value is -12.9. The van der Waals surface area contributed by atoms with Gasteiger partial charge >= 0.3 is 0 Å². The number of guanidine groups is 3. The van der Waals surface area contributed by atoms with E-state index in [0.29, 0.717) is 25.0 Å². The molecular weight excluding hydrogens is 1700 g/mol. The molecule has 2 aromatic heterocycles. The van der Waals surface area contributed by atoms with Crippen molar-refractivity contribution in [2.75, 3.05) is 32.8 Å². The molecule has 2 aromatic rings. The van der Waals surface area contributed by atoms with Crippen LogP contribution in [0.5, 0.6) is 0 Å². The van der Waals surface area contributed by atoms with Crippen LogP contribution in [0.2, 0.25) is 0 Å². The maximum Gasteiger partial charge on any atom is 0.248 e. The number of nitrogens with two attached hydrogens (primary N) is 6. The zero-order chi connectivity index (χ0) is 96.5. The summed E-state index contributed by atoms with van der Waals surface area (Å²) in [6, 6.07) is -19.9. The number of amides is 17. The van der Waals surface area contributed by atoms with Crippen LogP contribution in [0, 0.1) is 34.0 Å². The third-order valence-electron chi connectivity index (χ3n) is 22.4. The second-order valence-corrected chi connectivity index (χ2v) is 34.2. The number of hydrogen-bond donors (Lipinski definition) is 29. The lowest BCUT2D eigenvalue weighted by Gasteiger charge is -2.32. The molecule has 3 aliphatic rings. The van der Waals surface area contributed by atoms with Crippen LogP contribution in [-0.2, 0) is 94.3 Å². The Balaban J connectivity index is 1.38. The monoisotopic (exact) mass is 1830 g/mol. The molecule has 5 rings (SSSR count). The zero-order valence-corrected chi connectivity index (χ0v) is 74.7. The summed E-state index contributed by atoms with van der Waals surface area (Å²) in [6.07, 6.45) is 9.43. The number of H-pyrrole nitrogens is 2. The van der Waals surface area contributed by atoms with Gasteiger partial charge in [-0.15, -0.1) is 0 Å². The third-order valence-corrected chi connectivity index (χ3v) is 22.4. The van der Waals surface area contributed by atoms with Crippen molar-refractivity contribution in [3.63, 3.8) is 0 Å². The van der Waals surface area contributed by atoms with E-state index in [0.717, 1.165) is 65.2 Å². The summed E-state index contributed by atoms with van der Waals surface area (Å²) < 4.78 is 0. The fourth-order valence-electron chi connectivity index (χ4n) is 15.5. The van der Waals surface area contributed by atoms with Gasteiger partial charge in [-0.1, -0.05) is 78.1 Å². The minimum Gasteiger partial charge on any atom is -0.394 e. The summed E-state index contributed by atoms with van der Waals surface area (Å²) >= 11 is 0. The van der Waals surface area contributed by atoms with Gasteiger partial charge in [0.15, 0.2) is 17.9 Å². The first-order valence-corrected chi connectivity index (χ1v) is 44.0. The first kappa shape index (κ1) is 108. The number of aromatic amines is 2. The molecule has 1 saturated heterocycles. The molecule has 0 spiro atoms. The number of aliphatic hydroxyl groups excluding tert-OH is 2. The molecule has 0 unspecified atom stereocenters. The summed E-state index contributed by atoms with van der Waals surface area (Å²) in [7, 11) is 0. The van der Waals surface area contributed by atoms with Gasteiger partial charge in [0.25, 0.3) is 0 Å². The molecule has 35 N–H and O–H groups in total. The largest absolute Gasteiger partial charge is 0.394 e. The van der Waals surface area contributed by atoms with E-state index in [9.17, 15) is 82.1 Å². The van der Waals surface area contributed by atoms with Gasteiger partial charge in [0, 0.05) is 76.1 Å². The fourth-order valence-corrected chi connectivity index (χ4v) is 15.5. The van der Waals surface area contributed by atoms with Crippen molar-refractivity contribution in [2.24, 2.45) is 52.2 Å². The number of carbonyl (C=O) groups is 17.